The number of hydrogen-bond acceptors (Lipinski definition) is 4. The molecule has 1 saturated heterocycles. The average Bonchev–Trinajstić information content (AvgIpc) is 3.18. The lowest BCUT2D eigenvalue weighted by atomic mass is 10.1. The summed E-state index contributed by atoms with van der Waals surface area (Å²) < 4.78 is 7.25. The molecule has 0 saturated carbocycles. The quantitative estimate of drug-likeness (QED) is 0.596. The zero-order valence-corrected chi connectivity index (χ0v) is 18.6. The number of hydrogen-bond donors (Lipinski definition) is 1. The van der Waals surface area contributed by atoms with E-state index >= 15 is 0 Å². The van der Waals surface area contributed by atoms with Crippen molar-refractivity contribution < 1.29 is 14.3 Å². The van der Waals surface area contributed by atoms with E-state index in [1.807, 2.05) is 17.0 Å². The van der Waals surface area contributed by atoms with Crippen LogP contribution in [0.4, 0.5) is 5.69 Å². The molecule has 7 nitrogen and oxygen atoms in total. The van der Waals surface area contributed by atoms with Crippen LogP contribution in [0.5, 0.6) is 5.75 Å². The average molecular weight is 453 g/mol. The molecule has 0 unspecified atom stereocenters. The number of benzene rings is 2. The Labute approximate surface area is 191 Å². The molecule has 1 fully saturated rings. The third-order valence-corrected chi connectivity index (χ3v) is 5.72. The molecule has 1 aromatic heterocycles. The van der Waals surface area contributed by atoms with Gasteiger partial charge in [-0.2, -0.15) is 5.10 Å². The number of anilines is 1. The largest absolute Gasteiger partial charge is 0.489 e. The minimum Gasteiger partial charge on any atom is -0.489 e. The lowest BCUT2D eigenvalue weighted by Crippen LogP contribution is -2.37. The predicted molar refractivity (Wildman–Crippen MR) is 123 cm³/mol. The zero-order chi connectivity index (χ0) is 22.5. The fraction of sp³-hybridized carbons (Fsp3) is 0.292. The van der Waals surface area contributed by atoms with Crippen molar-refractivity contribution in [3.8, 4) is 5.75 Å². The zero-order valence-electron chi connectivity index (χ0n) is 17.9. The Kier molecular flexibility index (Phi) is 6.75. The highest BCUT2D eigenvalue weighted by molar-refractivity contribution is 6.30. The Bertz CT molecular complexity index is 1090. The highest BCUT2D eigenvalue weighted by atomic mass is 35.5. The molecule has 4 rings (SSSR count). The number of rotatable bonds is 6. The molecule has 3 aromatic rings. The van der Waals surface area contributed by atoms with Crippen LogP contribution in [-0.2, 0) is 13.7 Å². The molecule has 2 amide bonds. The number of carbonyl (C=O) groups excluding carboxylic acids is 2. The fourth-order valence-electron chi connectivity index (χ4n) is 3.67. The van der Waals surface area contributed by atoms with Crippen molar-refractivity contribution in [1.82, 2.24) is 14.7 Å². The molecule has 0 aliphatic carbocycles. The molecule has 2 heterocycles. The summed E-state index contributed by atoms with van der Waals surface area (Å²) in [4.78, 5) is 27.6. The second kappa shape index (κ2) is 9.87. The van der Waals surface area contributed by atoms with Gasteiger partial charge in [0.25, 0.3) is 11.8 Å². The van der Waals surface area contributed by atoms with E-state index in [-0.39, 0.29) is 11.8 Å². The molecule has 1 aliphatic heterocycles. The molecule has 2 aromatic carbocycles. The maximum absolute atomic E-state index is 13.0. The Hall–Kier alpha value is -3.32. The van der Waals surface area contributed by atoms with E-state index in [2.05, 4.69) is 10.4 Å². The van der Waals surface area contributed by atoms with E-state index in [1.165, 1.54) is 10.9 Å². The Morgan fingerprint density at radius 1 is 1.03 bits per heavy atom. The van der Waals surface area contributed by atoms with Gasteiger partial charge in [0.1, 0.15) is 18.1 Å². The number of ether oxygens (including phenoxy) is 1. The van der Waals surface area contributed by atoms with E-state index in [1.54, 1.807) is 43.4 Å². The van der Waals surface area contributed by atoms with E-state index in [0.717, 1.165) is 43.7 Å². The number of amides is 2. The van der Waals surface area contributed by atoms with E-state index in [4.69, 9.17) is 16.3 Å². The Morgan fingerprint density at radius 3 is 2.41 bits per heavy atom. The number of carbonyl (C=O) groups is 2. The molecule has 1 N–H and O–H groups in total. The molecular weight excluding hydrogens is 428 g/mol. The number of nitrogens with zero attached hydrogens (tertiary/aromatic N) is 3. The van der Waals surface area contributed by atoms with Gasteiger partial charge in [-0.1, -0.05) is 23.7 Å². The van der Waals surface area contributed by atoms with Gasteiger partial charge in [0.15, 0.2) is 0 Å². The van der Waals surface area contributed by atoms with Gasteiger partial charge in [0.2, 0.25) is 0 Å². The van der Waals surface area contributed by atoms with Crippen molar-refractivity contribution >= 4 is 29.1 Å². The van der Waals surface area contributed by atoms with Crippen LogP contribution in [0.25, 0.3) is 0 Å². The third-order valence-electron chi connectivity index (χ3n) is 5.47. The second-order valence-corrected chi connectivity index (χ2v) is 8.21. The van der Waals surface area contributed by atoms with Crippen molar-refractivity contribution in [2.24, 2.45) is 7.05 Å². The van der Waals surface area contributed by atoms with Crippen LogP contribution in [0, 0.1) is 0 Å². The number of halogens is 1. The van der Waals surface area contributed by atoms with E-state index < -0.39 is 0 Å². The van der Waals surface area contributed by atoms with Gasteiger partial charge in [-0.3, -0.25) is 14.3 Å². The Balaban J connectivity index is 1.40. The van der Waals surface area contributed by atoms with E-state index in [0.29, 0.717) is 28.6 Å². The molecular formula is C24H25ClN4O3. The van der Waals surface area contributed by atoms with Crippen LogP contribution in [-0.4, -0.2) is 39.6 Å². The van der Waals surface area contributed by atoms with Gasteiger partial charge in [0, 0.05) is 30.7 Å². The monoisotopic (exact) mass is 452 g/mol. The molecule has 0 bridgehead atoms. The van der Waals surface area contributed by atoms with Gasteiger partial charge < -0.3 is 15.0 Å². The van der Waals surface area contributed by atoms with Crippen LogP contribution < -0.4 is 10.1 Å². The van der Waals surface area contributed by atoms with Crippen molar-refractivity contribution in [2.45, 2.75) is 25.9 Å². The molecule has 0 radical (unpaired) electrons. The fourth-order valence-corrected chi connectivity index (χ4v) is 3.80. The molecule has 166 valence electrons. The summed E-state index contributed by atoms with van der Waals surface area (Å²) >= 11 is 5.88. The maximum atomic E-state index is 13.0. The van der Waals surface area contributed by atoms with Gasteiger partial charge in [-0.25, -0.2) is 0 Å². The summed E-state index contributed by atoms with van der Waals surface area (Å²) in [6.45, 7) is 1.84. The smallest absolute Gasteiger partial charge is 0.274 e. The maximum Gasteiger partial charge on any atom is 0.274 e. The topological polar surface area (TPSA) is 76.5 Å². The molecule has 0 spiro atoms. The predicted octanol–water partition coefficient (Wildman–Crippen LogP) is 4.53. The number of likely N-dealkylation sites (tertiary alicyclic amines) is 1. The Morgan fingerprint density at radius 2 is 1.72 bits per heavy atom. The van der Waals surface area contributed by atoms with Crippen LogP contribution in [0.3, 0.4) is 0 Å². The number of piperidine rings is 1. The van der Waals surface area contributed by atoms with Crippen LogP contribution >= 0.6 is 11.6 Å². The molecule has 32 heavy (non-hydrogen) atoms. The minimum atomic E-state index is -0.295. The van der Waals surface area contributed by atoms with Crippen LogP contribution in [0.1, 0.15) is 45.7 Å². The number of aromatic nitrogens is 2. The summed E-state index contributed by atoms with van der Waals surface area (Å²) in [5.74, 6) is 0.323. The van der Waals surface area contributed by atoms with Gasteiger partial charge >= 0.3 is 0 Å². The first-order valence-corrected chi connectivity index (χ1v) is 11.0. The summed E-state index contributed by atoms with van der Waals surface area (Å²) in [7, 11) is 1.71. The van der Waals surface area contributed by atoms with Crippen LogP contribution in [0.15, 0.2) is 54.7 Å². The number of nitrogens with one attached hydrogen (secondary N) is 1. The molecule has 0 atom stereocenters. The first-order chi connectivity index (χ1) is 15.5. The standard InChI is InChI=1S/C24H25ClN4O3/c1-28-22(24(31)29-13-3-2-4-14-29)21(15-26-28)27-23(30)18-7-5-17(6-8-18)16-32-20-11-9-19(25)10-12-20/h5-12,15H,2-4,13-14,16H2,1H3,(H,27,30). The van der Waals surface area contributed by atoms with Crippen LogP contribution in [0.2, 0.25) is 5.02 Å². The summed E-state index contributed by atoms with van der Waals surface area (Å²) in [5, 5.41) is 7.67. The lowest BCUT2D eigenvalue weighted by molar-refractivity contribution is 0.0714. The van der Waals surface area contributed by atoms with Crippen molar-refractivity contribution in [3.63, 3.8) is 0 Å². The highest BCUT2D eigenvalue weighted by Gasteiger charge is 2.25. The first kappa shape index (κ1) is 21.9. The first-order valence-electron chi connectivity index (χ1n) is 10.6. The summed E-state index contributed by atoms with van der Waals surface area (Å²) in [5.41, 5.74) is 2.23. The highest BCUT2D eigenvalue weighted by Crippen LogP contribution is 2.21. The lowest BCUT2D eigenvalue weighted by Gasteiger charge is -2.27. The number of aryl methyl sites for hydroxylation is 1. The van der Waals surface area contributed by atoms with Crippen molar-refractivity contribution in [2.75, 3.05) is 18.4 Å². The third kappa shape index (κ3) is 5.11. The van der Waals surface area contributed by atoms with Gasteiger partial charge in [-0.15, -0.1) is 0 Å². The molecule has 8 heteroatoms. The van der Waals surface area contributed by atoms with Crippen molar-refractivity contribution in [1.29, 1.82) is 0 Å². The summed E-state index contributed by atoms with van der Waals surface area (Å²) in [6, 6.07) is 14.3. The van der Waals surface area contributed by atoms with Crippen molar-refractivity contribution in [3.05, 3.63) is 76.6 Å². The van der Waals surface area contributed by atoms with Gasteiger partial charge in [-0.05, 0) is 61.2 Å². The SMILES string of the molecule is Cn1ncc(NC(=O)c2ccc(COc3ccc(Cl)cc3)cc2)c1C(=O)N1CCCCC1. The van der Waals surface area contributed by atoms with Gasteiger partial charge in [0.05, 0.1) is 11.9 Å². The molecule has 1 aliphatic rings. The normalized spacial score (nSPS) is 13.6. The second-order valence-electron chi connectivity index (χ2n) is 7.78. The van der Waals surface area contributed by atoms with E-state index in [9.17, 15) is 9.59 Å². The summed E-state index contributed by atoms with van der Waals surface area (Å²) in [6.07, 6.45) is 4.65. The minimum absolute atomic E-state index is 0.102.